The molecule has 1 heterocycles. The number of benzene rings is 3. The van der Waals surface area contributed by atoms with Crippen molar-refractivity contribution in [2.24, 2.45) is 0 Å². The molecule has 0 saturated carbocycles. The summed E-state index contributed by atoms with van der Waals surface area (Å²) in [6.45, 7) is 2.45. The average molecular weight is 484 g/mol. The Kier molecular flexibility index (Phi) is 7.09. The fourth-order valence-electron chi connectivity index (χ4n) is 4.15. The molecule has 8 heteroatoms. The summed E-state index contributed by atoms with van der Waals surface area (Å²) in [5.74, 6) is 0.238. The summed E-state index contributed by atoms with van der Waals surface area (Å²) >= 11 is 0. The van der Waals surface area contributed by atoms with Gasteiger partial charge in [0.1, 0.15) is 11.6 Å². The Labute approximate surface area is 201 Å². The highest BCUT2D eigenvalue weighted by Gasteiger charge is 2.20. The van der Waals surface area contributed by atoms with Crippen LogP contribution in [0.4, 0.5) is 15.8 Å². The predicted molar refractivity (Wildman–Crippen MR) is 134 cm³/mol. The molecule has 0 fully saturated rings. The van der Waals surface area contributed by atoms with Gasteiger partial charge in [-0.2, -0.15) is 0 Å². The minimum Gasteiger partial charge on any atom is -0.495 e. The highest BCUT2D eigenvalue weighted by Crippen LogP contribution is 2.32. The highest BCUT2D eigenvalue weighted by molar-refractivity contribution is 7.92. The van der Waals surface area contributed by atoms with Crippen LogP contribution >= 0.6 is 0 Å². The van der Waals surface area contributed by atoms with Crippen molar-refractivity contribution in [3.05, 3.63) is 83.2 Å². The maximum atomic E-state index is 13.2. The lowest BCUT2D eigenvalue weighted by molar-refractivity contribution is 0.352. The van der Waals surface area contributed by atoms with Crippen LogP contribution in [0.5, 0.6) is 5.75 Å². The number of rotatable bonds is 7. The molecular formula is C26H30FN3O3S. The lowest BCUT2D eigenvalue weighted by Crippen LogP contribution is -2.20. The normalized spacial score (nSPS) is 14.2. The van der Waals surface area contributed by atoms with E-state index in [1.807, 2.05) is 24.1 Å². The van der Waals surface area contributed by atoms with E-state index < -0.39 is 10.0 Å². The first kappa shape index (κ1) is 24.0. The van der Waals surface area contributed by atoms with Gasteiger partial charge in [-0.15, -0.1) is 0 Å². The molecule has 34 heavy (non-hydrogen) atoms. The van der Waals surface area contributed by atoms with Crippen molar-refractivity contribution in [1.29, 1.82) is 0 Å². The molecule has 0 aromatic heterocycles. The van der Waals surface area contributed by atoms with E-state index in [0.29, 0.717) is 18.0 Å². The number of hydrogen-bond acceptors (Lipinski definition) is 5. The minimum absolute atomic E-state index is 0.178. The molecular weight excluding hydrogens is 453 g/mol. The van der Waals surface area contributed by atoms with Gasteiger partial charge in [0.25, 0.3) is 10.0 Å². The minimum atomic E-state index is -3.79. The summed E-state index contributed by atoms with van der Waals surface area (Å²) in [7, 11) is 1.76. The van der Waals surface area contributed by atoms with Gasteiger partial charge in [-0.05, 0) is 85.1 Å². The molecule has 3 aromatic carbocycles. The van der Waals surface area contributed by atoms with E-state index in [0.717, 1.165) is 42.7 Å². The second-order valence-corrected chi connectivity index (χ2v) is 10.4. The summed E-state index contributed by atoms with van der Waals surface area (Å²) < 4.78 is 47.6. The number of fused-ring (bicyclic) bond motifs is 1. The molecule has 1 aliphatic rings. The number of hydrogen-bond donors (Lipinski definition) is 1. The monoisotopic (exact) mass is 483 g/mol. The van der Waals surface area contributed by atoms with E-state index in [4.69, 9.17) is 4.74 Å². The van der Waals surface area contributed by atoms with Gasteiger partial charge in [0.05, 0.1) is 17.7 Å². The Morgan fingerprint density at radius 3 is 2.24 bits per heavy atom. The fraction of sp³-hybridized carbons (Fsp3) is 0.308. The van der Waals surface area contributed by atoms with Gasteiger partial charge in [-0.25, -0.2) is 12.8 Å². The number of anilines is 2. The topological polar surface area (TPSA) is 61.9 Å². The lowest BCUT2D eigenvalue weighted by atomic mass is 10.0. The van der Waals surface area contributed by atoms with Crippen molar-refractivity contribution < 1.29 is 17.5 Å². The molecule has 0 radical (unpaired) electrons. The maximum Gasteiger partial charge on any atom is 0.262 e. The van der Waals surface area contributed by atoms with Crippen LogP contribution < -0.4 is 14.4 Å². The van der Waals surface area contributed by atoms with Gasteiger partial charge in [0.2, 0.25) is 0 Å². The van der Waals surface area contributed by atoms with Crippen molar-refractivity contribution in [3.63, 3.8) is 0 Å². The Hall–Kier alpha value is -3.10. The molecule has 1 aliphatic heterocycles. The Bertz CT molecular complexity index is 1250. The van der Waals surface area contributed by atoms with E-state index in [1.54, 1.807) is 43.5 Å². The Morgan fingerprint density at radius 2 is 1.62 bits per heavy atom. The van der Waals surface area contributed by atoms with Gasteiger partial charge in [-0.3, -0.25) is 4.72 Å². The maximum absolute atomic E-state index is 13.2. The molecule has 0 bridgehead atoms. The summed E-state index contributed by atoms with van der Waals surface area (Å²) in [4.78, 5) is 4.42. The van der Waals surface area contributed by atoms with Crippen molar-refractivity contribution in [3.8, 4) is 5.75 Å². The van der Waals surface area contributed by atoms with Crippen LogP contribution in [0.15, 0.2) is 65.6 Å². The average Bonchev–Trinajstić information content (AvgIpc) is 3.00. The van der Waals surface area contributed by atoms with Crippen molar-refractivity contribution in [2.45, 2.75) is 24.3 Å². The largest absolute Gasteiger partial charge is 0.495 e. The van der Waals surface area contributed by atoms with Crippen LogP contribution in [0.2, 0.25) is 0 Å². The smallest absolute Gasteiger partial charge is 0.262 e. The number of sulfonamides is 1. The summed E-state index contributed by atoms with van der Waals surface area (Å²) in [5, 5.41) is 0. The number of ether oxygens (including phenoxy) is 1. The second-order valence-electron chi connectivity index (χ2n) is 8.71. The van der Waals surface area contributed by atoms with Crippen LogP contribution in [-0.4, -0.2) is 47.6 Å². The number of nitrogens with one attached hydrogen (secondary N) is 1. The predicted octanol–water partition coefficient (Wildman–Crippen LogP) is 4.30. The Balaban J connectivity index is 1.51. The van der Waals surface area contributed by atoms with Crippen LogP contribution in [0, 0.1) is 5.82 Å². The molecule has 0 amide bonds. The van der Waals surface area contributed by atoms with Crippen LogP contribution in [-0.2, 0) is 29.4 Å². The van der Waals surface area contributed by atoms with E-state index >= 15 is 0 Å². The molecule has 0 saturated heterocycles. The fourth-order valence-corrected chi connectivity index (χ4v) is 5.21. The molecule has 180 valence electrons. The number of halogens is 1. The lowest BCUT2D eigenvalue weighted by Gasteiger charge is -2.19. The van der Waals surface area contributed by atoms with Gasteiger partial charge in [0.15, 0.2) is 0 Å². The van der Waals surface area contributed by atoms with Gasteiger partial charge in [-0.1, -0.05) is 12.1 Å². The van der Waals surface area contributed by atoms with Crippen LogP contribution in [0.3, 0.4) is 0 Å². The number of methoxy groups -OCH3 is 1. The van der Waals surface area contributed by atoms with E-state index in [-0.39, 0.29) is 10.7 Å². The number of likely N-dealkylation sites (N-methyl/N-ethyl adjacent to an activating group) is 1. The SMILES string of the molecule is COc1cc2c(cc1NS(=O)(=O)c1ccc(CN(C)c3ccc(F)cc3)cc1)CCN(C)CC2. The quantitative estimate of drug-likeness (QED) is 0.543. The molecule has 0 spiro atoms. The molecule has 0 atom stereocenters. The first-order chi connectivity index (χ1) is 16.2. The highest BCUT2D eigenvalue weighted by atomic mass is 32.2. The van der Waals surface area contributed by atoms with E-state index in [1.165, 1.54) is 17.7 Å². The van der Waals surface area contributed by atoms with Gasteiger partial charge < -0.3 is 14.5 Å². The zero-order valence-electron chi connectivity index (χ0n) is 19.7. The van der Waals surface area contributed by atoms with Crippen molar-refractivity contribution in [2.75, 3.05) is 43.9 Å². The van der Waals surface area contributed by atoms with Gasteiger partial charge >= 0.3 is 0 Å². The standard InChI is InChI=1S/C26H30FN3O3S/c1-29-14-12-20-16-25(26(33-3)17-21(20)13-15-29)28-34(31,32)24-10-4-19(5-11-24)18-30(2)23-8-6-22(27)7-9-23/h4-11,16-17,28H,12-15,18H2,1-3H3. The Morgan fingerprint density at radius 1 is 1.00 bits per heavy atom. The van der Waals surface area contributed by atoms with E-state index in [9.17, 15) is 12.8 Å². The molecule has 0 aliphatic carbocycles. The van der Waals surface area contributed by atoms with Crippen LogP contribution in [0.25, 0.3) is 0 Å². The third-order valence-corrected chi connectivity index (χ3v) is 7.59. The second kappa shape index (κ2) is 10.0. The third-order valence-electron chi connectivity index (χ3n) is 6.21. The molecule has 1 N–H and O–H groups in total. The molecule has 3 aromatic rings. The summed E-state index contributed by atoms with van der Waals surface area (Å²) in [5.41, 5.74) is 4.60. The third kappa shape index (κ3) is 5.51. The first-order valence-corrected chi connectivity index (χ1v) is 12.7. The van der Waals surface area contributed by atoms with Crippen molar-refractivity contribution >= 4 is 21.4 Å². The first-order valence-electron chi connectivity index (χ1n) is 11.2. The van der Waals surface area contributed by atoms with E-state index in [2.05, 4.69) is 16.7 Å². The van der Waals surface area contributed by atoms with Gasteiger partial charge in [0, 0.05) is 32.4 Å². The molecule has 6 nitrogen and oxygen atoms in total. The zero-order valence-corrected chi connectivity index (χ0v) is 20.5. The van der Waals surface area contributed by atoms with Crippen LogP contribution in [0.1, 0.15) is 16.7 Å². The summed E-state index contributed by atoms with van der Waals surface area (Å²) in [6.07, 6.45) is 1.77. The molecule has 4 rings (SSSR count). The van der Waals surface area contributed by atoms with Crippen molar-refractivity contribution in [1.82, 2.24) is 4.90 Å². The molecule has 0 unspecified atom stereocenters. The summed E-state index contributed by atoms with van der Waals surface area (Å²) in [6, 6.07) is 16.9. The zero-order chi connectivity index (χ0) is 24.3. The number of nitrogens with zero attached hydrogens (tertiary/aromatic N) is 2.